The summed E-state index contributed by atoms with van der Waals surface area (Å²) in [6.07, 6.45) is 0.892. The van der Waals surface area contributed by atoms with E-state index in [1.807, 2.05) is 18.2 Å². The zero-order chi connectivity index (χ0) is 18.8. The summed E-state index contributed by atoms with van der Waals surface area (Å²) in [5, 5.41) is 7.81. The Labute approximate surface area is 182 Å². The van der Waals surface area contributed by atoms with Crippen molar-refractivity contribution in [2.75, 3.05) is 33.9 Å². The summed E-state index contributed by atoms with van der Waals surface area (Å²) in [4.78, 5) is 10.1. The van der Waals surface area contributed by atoms with E-state index in [1.165, 1.54) is 4.88 Å². The molecule has 1 aromatic carbocycles. The average Bonchev–Trinajstić information content (AvgIpc) is 2.96. The van der Waals surface area contributed by atoms with Crippen LogP contribution in [-0.4, -0.2) is 44.9 Å². The van der Waals surface area contributed by atoms with Gasteiger partial charge in [0.15, 0.2) is 5.96 Å². The molecule has 150 valence electrons. The molecule has 2 rings (SSSR count). The molecule has 0 aliphatic heterocycles. The Bertz CT molecular complexity index is 702. The molecule has 8 heteroatoms. The molecule has 1 aromatic heterocycles. The van der Waals surface area contributed by atoms with Crippen LogP contribution in [0.4, 0.5) is 0 Å². The van der Waals surface area contributed by atoms with Crippen molar-refractivity contribution in [3.8, 4) is 5.75 Å². The summed E-state index contributed by atoms with van der Waals surface area (Å²) in [6, 6.07) is 8.02. The molecule has 2 N–H and O–H groups in total. The molecule has 1 heterocycles. The van der Waals surface area contributed by atoms with E-state index in [9.17, 15) is 0 Å². The van der Waals surface area contributed by atoms with Gasteiger partial charge in [-0.25, -0.2) is 4.98 Å². The van der Waals surface area contributed by atoms with E-state index in [-0.39, 0.29) is 24.0 Å². The number of guanidine groups is 1. The van der Waals surface area contributed by atoms with Crippen molar-refractivity contribution >= 4 is 41.3 Å². The van der Waals surface area contributed by atoms with Gasteiger partial charge in [-0.3, -0.25) is 4.99 Å². The first-order chi connectivity index (χ1) is 12.6. The second kappa shape index (κ2) is 12.9. The fraction of sp³-hybridized carbons (Fsp3) is 0.474. The smallest absolute Gasteiger partial charge is 0.191 e. The molecular weight excluding hydrogens is 475 g/mol. The van der Waals surface area contributed by atoms with Gasteiger partial charge in [0, 0.05) is 38.5 Å². The van der Waals surface area contributed by atoms with Crippen molar-refractivity contribution in [3.05, 3.63) is 45.4 Å². The van der Waals surface area contributed by atoms with Crippen LogP contribution in [0.1, 0.15) is 21.1 Å². The lowest BCUT2D eigenvalue weighted by atomic mass is 10.2. The minimum atomic E-state index is 0. The zero-order valence-corrected chi connectivity index (χ0v) is 19.5. The van der Waals surface area contributed by atoms with Crippen molar-refractivity contribution in [3.63, 3.8) is 0 Å². The Kier molecular flexibility index (Phi) is 11.3. The van der Waals surface area contributed by atoms with Gasteiger partial charge in [-0.1, -0.05) is 12.1 Å². The van der Waals surface area contributed by atoms with E-state index in [4.69, 9.17) is 9.47 Å². The van der Waals surface area contributed by atoms with Crippen molar-refractivity contribution < 1.29 is 9.47 Å². The third-order valence-corrected chi connectivity index (χ3v) is 4.97. The third-order valence-electron chi connectivity index (χ3n) is 3.84. The van der Waals surface area contributed by atoms with Gasteiger partial charge < -0.3 is 20.1 Å². The second-order valence-corrected chi connectivity index (χ2v) is 7.13. The van der Waals surface area contributed by atoms with E-state index in [0.717, 1.165) is 40.9 Å². The molecule has 0 spiro atoms. The Balaban J connectivity index is 0.00000364. The third kappa shape index (κ3) is 8.44. The Morgan fingerprint density at radius 3 is 2.70 bits per heavy atom. The summed E-state index contributed by atoms with van der Waals surface area (Å²) >= 11 is 1.76. The Morgan fingerprint density at radius 1 is 1.22 bits per heavy atom. The van der Waals surface area contributed by atoms with Gasteiger partial charge in [-0.05, 0) is 31.5 Å². The lowest BCUT2D eigenvalue weighted by Gasteiger charge is -2.12. The van der Waals surface area contributed by atoms with Crippen molar-refractivity contribution in [2.45, 2.75) is 26.8 Å². The highest BCUT2D eigenvalue weighted by Crippen LogP contribution is 2.16. The van der Waals surface area contributed by atoms with Crippen molar-refractivity contribution in [1.29, 1.82) is 0 Å². The Morgan fingerprint density at radius 2 is 2.04 bits per heavy atom. The van der Waals surface area contributed by atoms with Crippen LogP contribution < -0.4 is 15.4 Å². The fourth-order valence-electron chi connectivity index (χ4n) is 2.33. The molecule has 0 amide bonds. The number of nitrogens with one attached hydrogen (secondary N) is 2. The van der Waals surface area contributed by atoms with Crippen LogP contribution in [0.5, 0.6) is 5.75 Å². The lowest BCUT2D eigenvalue weighted by molar-refractivity contribution is 0.146. The number of halogens is 1. The summed E-state index contributed by atoms with van der Waals surface area (Å²) in [7, 11) is 3.44. The first-order valence-electron chi connectivity index (χ1n) is 8.70. The first kappa shape index (κ1) is 23.6. The van der Waals surface area contributed by atoms with Crippen LogP contribution in [0.2, 0.25) is 0 Å². The number of benzene rings is 1. The maximum absolute atomic E-state index is 5.64. The molecule has 0 radical (unpaired) electrons. The molecule has 27 heavy (non-hydrogen) atoms. The number of aromatic nitrogens is 1. The van der Waals surface area contributed by atoms with Crippen LogP contribution in [0, 0.1) is 13.8 Å². The number of nitrogens with zero attached hydrogens (tertiary/aromatic N) is 2. The first-order valence-corrected chi connectivity index (χ1v) is 9.52. The largest absolute Gasteiger partial charge is 0.491 e. The van der Waals surface area contributed by atoms with Gasteiger partial charge >= 0.3 is 0 Å². The van der Waals surface area contributed by atoms with E-state index in [2.05, 4.69) is 40.5 Å². The number of thiazole rings is 1. The molecule has 0 bridgehead atoms. The maximum Gasteiger partial charge on any atom is 0.191 e. The normalized spacial score (nSPS) is 11.0. The van der Waals surface area contributed by atoms with Gasteiger partial charge in [-0.2, -0.15) is 0 Å². The van der Waals surface area contributed by atoms with Crippen LogP contribution in [0.25, 0.3) is 0 Å². The highest BCUT2D eigenvalue weighted by molar-refractivity contribution is 14.0. The predicted molar refractivity (Wildman–Crippen MR) is 123 cm³/mol. The highest BCUT2D eigenvalue weighted by Gasteiger charge is 2.04. The number of aliphatic imine (C=N–C) groups is 1. The number of hydrogen-bond donors (Lipinski definition) is 2. The predicted octanol–water partition coefficient (Wildman–Crippen LogP) is 3.31. The van der Waals surface area contributed by atoms with Gasteiger partial charge in [0.1, 0.15) is 12.4 Å². The molecule has 0 aliphatic rings. The van der Waals surface area contributed by atoms with Gasteiger partial charge in [0.05, 0.1) is 17.3 Å². The molecule has 0 atom stereocenters. The quantitative estimate of drug-likeness (QED) is 0.238. The lowest BCUT2D eigenvalue weighted by Crippen LogP contribution is -2.37. The fourth-order valence-corrected chi connectivity index (χ4v) is 3.26. The number of hydrogen-bond acceptors (Lipinski definition) is 5. The number of rotatable bonds is 9. The van der Waals surface area contributed by atoms with E-state index < -0.39 is 0 Å². The zero-order valence-electron chi connectivity index (χ0n) is 16.4. The van der Waals surface area contributed by atoms with Gasteiger partial charge in [-0.15, -0.1) is 35.3 Å². The maximum atomic E-state index is 5.64. The standard InChI is InChI=1S/C19H28N4O2S.HI/c1-14-15(2)26-18(23-14)8-9-21-19(20-3)22-13-16-6-5-7-17(12-16)25-11-10-24-4;/h5-7,12H,8-11,13H2,1-4H3,(H2,20,21,22);1H. The minimum Gasteiger partial charge on any atom is -0.491 e. The summed E-state index contributed by atoms with van der Waals surface area (Å²) in [5.74, 6) is 1.62. The summed E-state index contributed by atoms with van der Waals surface area (Å²) in [6.45, 7) is 6.76. The highest BCUT2D eigenvalue weighted by atomic mass is 127. The topological polar surface area (TPSA) is 67.8 Å². The molecule has 0 fully saturated rings. The summed E-state index contributed by atoms with van der Waals surface area (Å²) < 4.78 is 10.6. The van der Waals surface area contributed by atoms with E-state index in [0.29, 0.717) is 19.8 Å². The van der Waals surface area contributed by atoms with E-state index >= 15 is 0 Å². The molecule has 0 saturated carbocycles. The van der Waals surface area contributed by atoms with Crippen LogP contribution in [-0.2, 0) is 17.7 Å². The Hall–Kier alpha value is -1.39. The monoisotopic (exact) mass is 504 g/mol. The van der Waals surface area contributed by atoms with Crippen LogP contribution >= 0.6 is 35.3 Å². The van der Waals surface area contributed by atoms with Crippen LogP contribution in [0.15, 0.2) is 29.3 Å². The average molecular weight is 504 g/mol. The summed E-state index contributed by atoms with van der Waals surface area (Å²) in [5.41, 5.74) is 2.26. The van der Waals surface area contributed by atoms with Gasteiger partial charge in [0.25, 0.3) is 0 Å². The molecule has 0 aliphatic carbocycles. The second-order valence-electron chi connectivity index (χ2n) is 5.84. The number of methoxy groups -OCH3 is 1. The van der Waals surface area contributed by atoms with E-state index in [1.54, 1.807) is 25.5 Å². The van der Waals surface area contributed by atoms with Crippen molar-refractivity contribution in [1.82, 2.24) is 15.6 Å². The minimum absolute atomic E-state index is 0. The SMILES string of the molecule is CN=C(NCCc1nc(C)c(C)s1)NCc1cccc(OCCOC)c1.I. The van der Waals surface area contributed by atoms with Gasteiger partial charge in [0.2, 0.25) is 0 Å². The molecule has 2 aromatic rings. The van der Waals surface area contributed by atoms with Crippen molar-refractivity contribution in [2.24, 2.45) is 4.99 Å². The molecular formula is C19H29IN4O2S. The molecule has 6 nitrogen and oxygen atoms in total. The molecule has 0 saturated heterocycles. The molecule has 0 unspecified atom stereocenters. The number of ether oxygens (including phenoxy) is 2. The number of aryl methyl sites for hydroxylation is 2. The van der Waals surface area contributed by atoms with Crippen LogP contribution in [0.3, 0.4) is 0 Å².